The van der Waals surface area contributed by atoms with Gasteiger partial charge in [-0.2, -0.15) is 0 Å². The van der Waals surface area contributed by atoms with Gasteiger partial charge in [0, 0.05) is 12.2 Å². The molecule has 3 N–H and O–H groups in total. The first-order valence-electron chi connectivity index (χ1n) is 7.93. The second kappa shape index (κ2) is 7.59. The molecule has 0 unspecified atom stereocenters. The molecule has 1 aromatic heterocycles. The van der Waals surface area contributed by atoms with E-state index in [4.69, 9.17) is 0 Å². The summed E-state index contributed by atoms with van der Waals surface area (Å²) in [4.78, 5) is 27.3. The predicted molar refractivity (Wildman–Crippen MR) is 96.0 cm³/mol. The Morgan fingerprint density at radius 2 is 1.60 bits per heavy atom. The van der Waals surface area contributed by atoms with E-state index >= 15 is 0 Å². The molecule has 126 valence electrons. The van der Waals surface area contributed by atoms with Crippen molar-refractivity contribution >= 4 is 5.91 Å². The third-order valence-corrected chi connectivity index (χ3v) is 3.97. The lowest BCUT2D eigenvalue weighted by Gasteiger charge is -2.09. The Kier molecular flexibility index (Phi) is 5.06. The van der Waals surface area contributed by atoms with Crippen LogP contribution in [0, 0.1) is 0 Å². The number of hydrogen-bond acceptors (Lipinski definition) is 3. The van der Waals surface area contributed by atoms with E-state index < -0.39 is 11.5 Å². The molecule has 5 heteroatoms. The molecule has 2 aromatic carbocycles. The fraction of sp³-hybridized carbons (Fsp3) is 0.100. The summed E-state index contributed by atoms with van der Waals surface area (Å²) in [5.74, 6) is -0.450. The largest absolute Gasteiger partial charge is 0.392 e. The van der Waals surface area contributed by atoms with Crippen LogP contribution < -0.4 is 10.9 Å². The van der Waals surface area contributed by atoms with Crippen LogP contribution >= 0.6 is 0 Å². The summed E-state index contributed by atoms with van der Waals surface area (Å²) in [5.41, 5.74) is 2.72. The molecular formula is C20H18N2O3. The fourth-order valence-electron chi connectivity index (χ4n) is 2.59. The summed E-state index contributed by atoms with van der Waals surface area (Å²) in [5, 5.41) is 12.0. The summed E-state index contributed by atoms with van der Waals surface area (Å²) >= 11 is 0. The second-order valence-corrected chi connectivity index (χ2v) is 5.59. The molecule has 3 rings (SSSR count). The van der Waals surface area contributed by atoms with Crippen molar-refractivity contribution in [3.63, 3.8) is 0 Å². The summed E-state index contributed by atoms with van der Waals surface area (Å²) in [6.07, 6.45) is 0. The smallest absolute Gasteiger partial charge is 0.261 e. The average Bonchev–Trinajstić information content (AvgIpc) is 2.67. The van der Waals surface area contributed by atoms with Crippen molar-refractivity contribution in [3.8, 4) is 11.3 Å². The second-order valence-electron chi connectivity index (χ2n) is 5.59. The average molecular weight is 334 g/mol. The van der Waals surface area contributed by atoms with Crippen LogP contribution in [0.4, 0.5) is 0 Å². The molecule has 0 aliphatic heterocycles. The van der Waals surface area contributed by atoms with Gasteiger partial charge < -0.3 is 15.4 Å². The monoisotopic (exact) mass is 334 g/mol. The lowest BCUT2D eigenvalue weighted by Crippen LogP contribution is -2.29. The Hall–Kier alpha value is -3.18. The number of pyridine rings is 1. The Morgan fingerprint density at radius 1 is 0.920 bits per heavy atom. The third-order valence-electron chi connectivity index (χ3n) is 3.97. The molecule has 0 saturated carbocycles. The van der Waals surface area contributed by atoms with Crippen LogP contribution in [-0.2, 0) is 13.2 Å². The van der Waals surface area contributed by atoms with Crippen LogP contribution in [0.2, 0.25) is 0 Å². The molecule has 0 fully saturated rings. The van der Waals surface area contributed by atoms with Gasteiger partial charge in [-0.1, -0.05) is 54.6 Å². The van der Waals surface area contributed by atoms with Gasteiger partial charge in [0.15, 0.2) is 0 Å². The van der Waals surface area contributed by atoms with Crippen LogP contribution in [0.25, 0.3) is 11.3 Å². The van der Waals surface area contributed by atoms with Gasteiger partial charge >= 0.3 is 0 Å². The number of nitrogens with one attached hydrogen (secondary N) is 2. The van der Waals surface area contributed by atoms with Crippen molar-refractivity contribution < 1.29 is 9.90 Å². The highest BCUT2D eigenvalue weighted by Crippen LogP contribution is 2.14. The molecule has 0 spiro atoms. The first-order valence-corrected chi connectivity index (χ1v) is 7.93. The van der Waals surface area contributed by atoms with Gasteiger partial charge in [0.2, 0.25) is 0 Å². The first kappa shape index (κ1) is 16.7. The van der Waals surface area contributed by atoms with Crippen LogP contribution in [0.1, 0.15) is 21.5 Å². The number of amides is 1. The Bertz CT molecular complexity index is 933. The van der Waals surface area contributed by atoms with Crippen LogP contribution in [0.3, 0.4) is 0 Å². The number of benzene rings is 2. The number of H-pyrrole nitrogens is 1. The number of aliphatic hydroxyl groups is 1. The molecule has 1 amide bonds. The third kappa shape index (κ3) is 3.84. The minimum Gasteiger partial charge on any atom is -0.392 e. The highest BCUT2D eigenvalue weighted by Gasteiger charge is 2.12. The molecule has 0 bridgehead atoms. The Morgan fingerprint density at radius 3 is 2.28 bits per heavy atom. The standard InChI is InChI=1S/C20H18N2O3/c23-13-16-9-5-4-8-15(16)12-21-19(24)17-10-11-18(22-20(17)25)14-6-2-1-3-7-14/h1-11,23H,12-13H2,(H,21,24)(H,22,25). The zero-order valence-electron chi connectivity index (χ0n) is 13.5. The minimum absolute atomic E-state index is 0.0566. The van der Waals surface area contributed by atoms with Crippen molar-refractivity contribution in [2.45, 2.75) is 13.2 Å². The van der Waals surface area contributed by atoms with Gasteiger partial charge in [0.1, 0.15) is 5.56 Å². The number of hydrogen-bond donors (Lipinski definition) is 3. The highest BCUT2D eigenvalue weighted by atomic mass is 16.3. The number of aromatic nitrogens is 1. The van der Waals surface area contributed by atoms with E-state index in [2.05, 4.69) is 10.3 Å². The maximum atomic E-state index is 12.3. The fourth-order valence-corrected chi connectivity index (χ4v) is 2.59. The van der Waals surface area contributed by atoms with E-state index in [9.17, 15) is 14.7 Å². The number of carbonyl (C=O) groups excluding carboxylic acids is 1. The van der Waals surface area contributed by atoms with Gasteiger partial charge in [-0.15, -0.1) is 0 Å². The maximum absolute atomic E-state index is 12.3. The van der Waals surface area contributed by atoms with Crippen LogP contribution in [0.5, 0.6) is 0 Å². The molecule has 0 saturated heterocycles. The normalized spacial score (nSPS) is 10.4. The number of rotatable bonds is 5. The minimum atomic E-state index is -0.450. The quantitative estimate of drug-likeness (QED) is 0.670. The van der Waals surface area contributed by atoms with Gasteiger partial charge in [-0.25, -0.2) is 0 Å². The van der Waals surface area contributed by atoms with Crippen LogP contribution in [-0.4, -0.2) is 16.0 Å². The first-order chi connectivity index (χ1) is 12.2. The van der Waals surface area contributed by atoms with Gasteiger partial charge in [-0.05, 0) is 28.8 Å². The van der Waals surface area contributed by atoms with Crippen molar-refractivity contribution in [1.82, 2.24) is 10.3 Å². The Balaban J connectivity index is 1.75. The van der Waals surface area contributed by atoms with E-state index in [0.717, 1.165) is 16.7 Å². The number of aliphatic hydroxyl groups excluding tert-OH is 1. The van der Waals surface area contributed by atoms with Crippen LogP contribution in [0.15, 0.2) is 71.5 Å². The molecule has 25 heavy (non-hydrogen) atoms. The van der Waals surface area contributed by atoms with Crippen molar-refractivity contribution in [2.24, 2.45) is 0 Å². The molecule has 0 aliphatic rings. The topological polar surface area (TPSA) is 82.2 Å². The van der Waals surface area contributed by atoms with E-state index in [1.54, 1.807) is 12.1 Å². The maximum Gasteiger partial charge on any atom is 0.261 e. The van der Waals surface area contributed by atoms with Crippen molar-refractivity contribution in [3.05, 3.63) is 93.8 Å². The molecule has 0 atom stereocenters. The summed E-state index contributed by atoms with van der Waals surface area (Å²) < 4.78 is 0. The van der Waals surface area contributed by atoms with E-state index in [1.165, 1.54) is 6.07 Å². The lowest BCUT2D eigenvalue weighted by molar-refractivity contribution is 0.0949. The van der Waals surface area contributed by atoms with E-state index in [-0.39, 0.29) is 18.7 Å². The summed E-state index contributed by atoms with van der Waals surface area (Å²) in [6, 6.07) is 20.0. The van der Waals surface area contributed by atoms with E-state index in [1.807, 2.05) is 48.5 Å². The van der Waals surface area contributed by atoms with Gasteiger partial charge in [0.05, 0.1) is 6.61 Å². The zero-order valence-corrected chi connectivity index (χ0v) is 13.5. The SMILES string of the molecule is O=C(NCc1ccccc1CO)c1ccc(-c2ccccc2)[nH]c1=O. The highest BCUT2D eigenvalue weighted by molar-refractivity contribution is 5.94. The number of aromatic amines is 1. The van der Waals surface area contributed by atoms with Crippen molar-refractivity contribution in [1.29, 1.82) is 0 Å². The van der Waals surface area contributed by atoms with Gasteiger partial charge in [0.25, 0.3) is 11.5 Å². The zero-order chi connectivity index (χ0) is 17.6. The lowest BCUT2D eigenvalue weighted by atomic mass is 10.1. The molecule has 3 aromatic rings. The van der Waals surface area contributed by atoms with Crippen molar-refractivity contribution in [2.75, 3.05) is 0 Å². The summed E-state index contributed by atoms with van der Waals surface area (Å²) in [7, 11) is 0. The summed E-state index contributed by atoms with van der Waals surface area (Å²) in [6.45, 7) is 0.147. The van der Waals surface area contributed by atoms with Gasteiger partial charge in [-0.3, -0.25) is 9.59 Å². The predicted octanol–water partition coefficient (Wildman–Crippen LogP) is 2.46. The number of carbonyl (C=O) groups is 1. The molecular weight excluding hydrogens is 316 g/mol. The van der Waals surface area contributed by atoms with E-state index in [0.29, 0.717) is 5.69 Å². The molecule has 1 heterocycles. The molecule has 0 radical (unpaired) electrons. The Labute approximate surface area is 145 Å². The molecule has 0 aliphatic carbocycles. The molecule has 5 nitrogen and oxygen atoms in total.